The van der Waals surface area contributed by atoms with Gasteiger partial charge in [-0.3, -0.25) is 0 Å². The topological polar surface area (TPSA) is 63.4 Å². The van der Waals surface area contributed by atoms with Gasteiger partial charge in [0.1, 0.15) is 10.7 Å². The van der Waals surface area contributed by atoms with Crippen LogP contribution in [0.3, 0.4) is 0 Å². The fraction of sp³-hybridized carbons (Fsp3) is 0.467. The van der Waals surface area contributed by atoms with Crippen LogP contribution in [-0.4, -0.2) is 25.8 Å². The maximum Gasteiger partial charge on any atom is 0.245 e. The number of rotatable bonds is 2. The molecule has 0 amide bonds. The molecule has 0 saturated heterocycles. The molecule has 1 heterocycles. The highest BCUT2D eigenvalue weighted by Crippen LogP contribution is 2.32. The van der Waals surface area contributed by atoms with Crippen molar-refractivity contribution in [2.45, 2.75) is 32.1 Å². The number of sulfonamides is 1. The molecule has 2 rings (SSSR count). The number of nitrogen functional groups attached to an aromatic ring is 1. The molecule has 21 heavy (non-hydrogen) atoms. The van der Waals surface area contributed by atoms with E-state index in [1.807, 2.05) is 6.08 Å². The summed E-state index contributed by atoms with van der Waals surface area (Å²) in [5, 5.41) is 0. The second kappa shape index (κ2) is 5.42. The molecule has 6 heteroatoms. The highest BCUT2D eigenvalue weighted by molar-refractivity contribution is 7.89. The lowest BCUT2D eigenvalue weighted by Gasteiger charge is -2.31. The van der Waals surface area contributed by atoms with E-state index in [1.165, 1.54) is 15.9 Å². The highest BCUT2D eigenvalue weighted by Gasteiger charge is 2.30. The summed E-state index contributed by atoms with van der Waals surface area (Å²) in [6.07, 6.45) is 2.66. The average molecular weight is 312 g/mol. The van der Waals surface area contributed by atoms with Crippen molar-refractivity contribution in [3.63, 3.8) is 0 Å². The van der Waals surface area contributed by atoms with Crippen molar-refractivity contribution in [3.05, 3.63) is 35.7 Å². The Kier molecular flexibility index (Phi) is 4.13. The first-order valence-electron chi connectivity index (χ1n) is 6.87. The summed E-state index contributed by atoms with van der Waals surface area (Å²) in [5.41, 5.74) is 6.89. The van der Waals surface area contributed by atoms with E-state index in [2.05, 4.69) is 20.8 Å². The molecule has 0 aromatic heterocycles. The molecule has 4 nitrogen and oxygen atoms in total. The number of nitrogens with zero attached hydrogens (tertiary/aromatic N) is 1. The molecular formula is C15H21FN2O2S. The van der Waals surface area contributed by atoms with Crippen molar-refractivity contribution in [1.29, 1.82) is 0 Å². The van der Waals surface area contributed by atoms with Crippen LogP contribution in [0, 0.1) is 11.2 Å². The molecule has 0 spiro atoms. The minimum absolute atomic E-state index is 0.0310. The molecule has 0 fully saturated rings. The van der Waals surface area contributed by atoms with E-state index in [0.29, 0.717) is 19.5 Å². The van der Waals surface area contributed by atoms with Gasteiger partial charge in [-0.2, -0.15) is 4.31 Å². The summed E-state index contributed by atoms with van der Waals surface area (Å²) in [6.45, 7) is 7.08. The smallest absolute Gasteiger partial charge is 0.245 e. The lowest BCUT2D eigenvalue weighted by atomic mass is 9.83. The van der Waals surface area contributed by atoms with Crippen molar-refractivity contribution >= 4 is 15.7 Å². The molecule has 1 aromatic rings. The molecule has 116 valence electrons. The normalized spacial score (nSPS) is 17.6. The second-order valence-corrected chi connectivity index (χ2v) is 8.18. The molecule has 0 unspecified atom stereocenters. The van der Waals surface area contributed by atoms with Crippen LogP contribution in [0.15, 0.2) is 34.7 Å². The minimum Gasteiger partial charge on any atom is -0.398 e. The fourth-order valence-electron chi connectivity index (χ4n) is 2.44. The van der Waals surface area contributed by atoms with E-state index in [1.54, 1.807) is 0 Å². The van der Waals surface area contributed by atoms with Gasteiger partial charge in [0, 0.05) is 13.1 Å². The number of halogens is 1. The maximum atomic E-state index is 13.1. The van der Waals surface area contributed by atoms with Gasteiger partial charge >= 0.3 is 0 Å². The molecule has 0 aliphatic carbocycles. The molecule has 0 saturated carbocycles. The molecule has 0 radical (unpaired) electrons. The summed E-state index contributed by atoms with van der Waals surface area (Å²) >= 11 is 0. The molecule has 0 atom stereocenters. The zero-order valence-corrected chi connectivity index (χ0v) is 13.4. The number of hydrogen-bond donors (Lipinski definition) is 1. The van der Waals surface area contributed by atoms with E-state index in [9.17, 15) is 12.8 Å². The Morgan fingerprint density at radius 2 is 1.95 bits per heavy atom. The van der Waals surface area contributed by atoms with Gasteiger partial charge in [-0.15, -0.1) is 0 Å². The summed E-state index contributed by atoms with van der Waals surface area (Å²) in [7, 11) is -3.68. The third-order valence-electron chi connectivity index (χ3n) is 3.72. The summed E-state index contributed by atoms with van der Waals surface area (Å²) in [5.74, 6) is -0.542. The Balaban J connectivity index is 2.29. The van der Waals surface area contributed by atoms with Crippen LogP contribution in [-0.2, 0) is 10.0 Å². The van der Waals surface area contributed by atoms with Crippen LogP contribution < -0.4 is 5.73 Å². The summed E-state index contributed by atoms with van der Waals surface area (Å²) < 4.78 is 39.6. The van der Waals surface area contributed by atoms with E-state index in [-0.39, 0.29) is 16.0 Å². The van der Waals surface area contributed by atoms with E-state index in [4.69, 9.17) is 5.73 Å². The van der Waals surface area contributed by atoms with Crippen molar-refractivity contribution in [2.24, 2.45) is 5.41 Å². The number of nitrogens with two attached hydrogens (primary N) is 1. The van der Waals surface area contributed by atoms with Gasteiger partial charge in [-0.25, -0.2) is 12.8 Å². The first-order valence-corrected chi connectivity index (χ1v) is 8.31. The Labute approximate surface area is 125 Å². The molecule has 1 aliphatic heterocycles. The first kappa shape index (κ1) is 16.0. The van der Waals surface area contributed by atoms with Crippen molar-refractivity contribution < 1.29 is 12.8 Å². The number of benzene rings is 1. The largest absolute Gasteiger partial charge is 0.398 e. The lowest BCUT2D eigenvalue weighted by molar-refractivity contribution is 0.390. The van der Waals surface area contributed by atoms with Crippen LogP contribution in [0.2, 0.25) is 0 Å². The quantitative estimate of drug-likeness (QED) is 0.674. The van der Waals surface area contributed by atoms with Crippen LogP contribution >= 0.6 is 0 Å². The minimum atomic E-state index is -3.68. The average Bonchev–Trinajstić information content (AvgIpc) is 2.37. The van der Waals surface area contributed by atoms with Crippen LogP contribution in [0.25, 0.3) is 0 Å². The van der Waals surface area contributed by atoms with Gasteiger partial charge < -0.3 is 5.73 Å². The van der Waals surface area contributed by atoms with E-state index < -0.39 is 15.8 Å². The van der Waals surface area contributed by atoms with Crippen LogP contribution in [0.1, 0.15) is 27.2 Å². The van der Waals surface area contributed by atoms with Crippen molar-refractivity contribution in [1.82, 2.24) is 4.31 Å². The van der Waals surface area contributed by atoms with Gasteiger partial charge in [0.05, 0.1) is 5.69 Å². The van der Waals surface area contributed by atoms with Gasteiger partial charge in [0.15, 0.2) is 0 Å². The standard InChI is InChI=1S/C15H21FN2O2S/c1-15(2,3)11-6-8-18(9-7-11)21(19,20)14-5-4-12(16)10-13(14)17/h4-6,10H,7-9,17H2,1-3H3. The predicted molar refractivity (Wildman–Crippen MR) is 81.7 cm³/mol. The molecule has 1 aromatic carbocycles. The second-order valence-electron chi connectivity index (χ2n) is 6.27. The Morgan fingerprint density at radius 3 is 2.43 bits per heavy atom. The van der Waals surface area contributed by atoms with E-state index in [0.717, 1.165) is 12.1 Å². The Morgan fingerprint density at radius 1 is 1.29 bits per heavy atom. The summed E-state index contributed by atoms with van der Waals surface area (Å²) in [4.78, 5) is -0.0310. The van der Waals surface area contributed by atoms with Gasteiger partial charge in [0.2, 0.25) is 10.0 Å². The zero-order valence-electron chi connectivity index (χ0n) is 12.6. The van der Waals surface area contributed by atoms with Crippen LogP contribution in [0.5, 0.6) is 0 Å². The third kappa shape index (κ3) is 3.27. The summed E-state index contributed by atoms with van der Waals surface area (Å²) in [6, 6.07) is 3.37. The highest BCUT2D eigenvalue weighted by atomic mass is 32.2. The van der Waals surface area contributed by atoms with Crippen LogP contribution in [0.4, 0.5) is 10.1 Å². The molecule has 1 aliphatic rings. The van der Waals surface area contributed by atoms with Gasteiger partial charge in [0.25, 0.3) is 0 Å². The van der Waals surface area contributed by atoms with E-state index >= 15 is 0 Å². The third-order valence-corrected chi connectivity index (χ3v) is 5.66. The van der Waals surface area contributed by atoms with Gasteiger partial charge in [-0.1, -0.05) is 32.4 Å². The molecule has 0 bridgehead atoms. The Hall–Kier alpha value is -1.40. The predicted octanol–water partition coefficient (Wildman–Crippen LogP) is 2.77. The SMILES string of the molecule is CC(C)(C)C1=CCN(S(=O)(=O)c2ccc(F)cc2N)CC1. The lowest BCUT2D eigenvalue weighted by Crippen LogP contribution is -2.36. The van der Waals surface area contributed by atoms with Crippen molar-refractivity contribution in [2.75, 3.05) is 18.8 Å². The molecular weight excluding hydrogens is 291 g/mol. The fourth-order valence-corrected chi connectivity index (χ4v) is 3.92. The van der Waals surface area contributed by atoms with Gasteiger partial charge in [-0.05, 0) is 30.0 Å². The number of hydrogen-bond acceptors (Lipinski definition) is 3. The van der Waals surface area contributed by atoms with Crippen molar-refractivity contribution in [3.8, 4) is 0 Å². The zero-order chi connectivity index (χ0) is 15.8. The maximum absolute atomic E-state index is 13.1. The Bertz CT molecular complexity index is 675. The number of anilines is 1. The molecule has 2 N–H and O–H groups in total. The monoisotopic (exact) mass is 312 g/mol. The first-order chi connectivity index (χ1) is 9.62.